The maximum Gasteiger partial charge on any atom is 0.210 e. The first-order valence-corrected chi connectivity index (χ1v) is 7.43. The van der Waals surface area contributed by atoms with Crippen molar-refractivity contribution in [3.63, 3.8) is 0 Å². The second kappa shape index (κ2) is 5.94. The Morgan fingerprint density at radius 2 is 1.81 bits per heavy atom. The molecule has 3 rings (SSSR count). The van der Waals surface area contributed by atoms with E-state index in [1.165, 1.54) is 16.8 Å². The molecule has 2 heterocycles. The van der Waals surface area contributed by atoms with Crippen molar-refractivity contribution < 1.29 is 22.1 Å². The van der Waals surface area contributed by atoms with Crippen LogP contribution in [0, 0.1) is 6.92 Å². The molecule has 0 spiro atoms. The van der Waals surface area contributed by atoms with Crippen molar-refractivity contribution in [1.82, 2.24) is 0 Å². The molecule has 0 amide bonds. The van der Waals surface area contributed by atoms with E-state index in [9.17, 15) is 13.0 Å². The first kappa shape index (κ1) is 15.0. The van der Waals surface area contributed by atoms with Crippen LogP contribution in [0.25, 0.3) is 11.0 Å². The van der Waals surface area contributed by atoms with Crippen molar-refractivity contribution >= 4 is 21.1 Å². The van der Waals surface area contributed by atoms with Gasteiger partial charge in [-0.2, -0.15) is 0 Å². The number of nitrogens with zero attached hydrogens (tertiary/aromatic N) is 1. The number of aromatic nitrogens is 1. The highest BCUT2D eigenvalue weighted by molar-refractivity contribution is 7.85. The lowest BCUT2D eigenvalue weighted by molar-refractivity contribution is -0.637. The summed E-state index contributed by atoms with van der Waals surface area (Å²) in [6.45, 7) is 1.82. The molecule has 0 radical (unpaired) electrons. The average molecular weight is 306 g/mol. The molecule has 0 unspecified atom stereocenters. The molecular formula is C14H14N2O4S. The zero-order valence-corrected chi connectivity index (χ0v) is 12.1. The van der Waals surface area contributed by atoms with E-state index in [0.717, 1.165) is 16.5 Å². The van der Waals surface area contributed by atoms with E-state index >= 15 is 0 Å². The van der Waals surface area contributed by atoms with Crippen molar-refractivity contribution in [3.8, 4) is 0 Å². The SMILES string of the molecule is Cc1ccc(S(=O)(=O)[O-])cc1.N[n+]1ccc2occc2c1. The highest BCUT2D eigenvalue weighted by Crippen LogP contribution is 2.10. The predicted octanol–water partition coefficient (Wildman–Crippen LogP) is 1.33. The van der Waals surface area contributed by atoms with E-state index in [0.29, 0.717) is 0 Å². The van der Waals surface area contributed by atoms with Crippen LogP contribution in [-0.4, -0.2) is 13.0 Å². The number of rotatable bonds is 1. The molecule has 1 aromatic carbocycles. The number of hydrogen-bond acceptors (Lipinski definition) is 5. The summed E-state index contributed by atoms with van der Waals surface area (Å²) in [6.07, 6.45) is 5.19. The van der Waals surface area contributed by atoms with E-state index in [4.69, 9.17) is 10.3 Å². The van der Waals surface area contributed by atoms with Gasteiger partial charge in [-0.25, -0.2) is 14.3 Å². The van der Waals surface area contributed by atoms with Gasteiger partial charge in [0, 0.05) is 6.07 Å². The van der Waals surface area contributed by atoms with Gasteiger partial charge in [-0.1, -0.05) is 22.4 Å². The number of nitrogen functional groups attached to an aromatic ring is 1. The van der Waals surface area contributed by atoms with Crippen LogP contribution in [0.4, 0.5) is 0 Å². The maximum absolute atomic E-state index is 10.4. The third kappa shape index (κ3) is 4.04. The summed E-state index contributed by atoms with van der Waals surface area (Å²) in [4.78, 5) is -0.178. The fraction of sp³-hybridized carbons (Fsp3) is 0.0714. The van der Waals surface area contributed by atoms with Gasteiger partial charge in [0.1, 0.15) is 15.7 Å². The van der Waals surface area contributed by atoms with Crippen LogP contribution in [0.2, 0.25) is 0 Å². The number of fused-ring (bicyclic) bond motifs is 1. The van der Waals surface area contributed by atoms with Gasteiger partial charge in [0.2, 0.25) is 12.4 Å². The molecule has 0 atom stereocenters. The Kier molecular flexibility index (Phi) is 4.25. The largest absolute Gasteiger partial charge is 0.744 e. The summed E-state index contributed by atoms with van der Waals surface area (Å²) in [5.74, 6) is 5.46. The van der Waals surface area contributed by atoms with Crippen LogP contribution < -0.4 is 10.5 Å². The minimum Gasteiger partial charge on any atom is -0.744 e. The van der Waals surface area contributed by atoms with Gasteiger partial charge in [0.25, 0.3) is 0 Å². The number of pyridine rings is 1. The molecule has 2 aromatic heterocycles. The predicted molar refractivity (Wildman–Crippen MR) is 75.7 cm³/mol. The monoisotopic (exact) mass is 306 g/mol. The number of furan rings is 1. The van der Waals surface area contributed by atoms with Crippen molar-refractivity contribution in [2.45, 2.75) is 11.8 Å². The second-order valence-electron chi connectivity index (χ2n) is 4.40. The third-order valence-electron chi connectivity index (χ3n) is 2.72. The Hall–Kier alpha value is -2.38. The molecule has 2 N–H and O–H groups in total. The van der Waals surface area contributed by atoms with E-state index < -0.39 is 10.1 Å². The molecule has 0 saturated carbocycles. The Morgan fingerprint density at radius 3 is 2.43 bits per heavy atom. The van der Waals surface area contributed by atoms with Crippen LogP contribution in [0.15, 0.2) is 64.4 Å². The molecule has 7 heteroatoms. The molecule has 0 aliphatic carbocycles. The van der Waals surface area contributed by atoms with Crippen molar-refractivity contribution in [1.29, 1.82) is 0 Å². The molecule has 6 nitrogen and oxygen atoms in total. The molecule has 0 aliphatic heterocycles. The lowest BCUT2D eigenvalue weighted by Crippen LogP contribution is -2.43. The van der Waals surface area contributed by atoms with Crippen LogP contribution in [0.5, 0.6) is 0 Å². The van der Waals surface area contributed by atoms with Crippen LogP contribution in [0.3, 0.4) is 0 Å². The summed E-state index contributed by atoms with van der Waals surface area (Å²) in [5.41, 5.74) is 1.79. The lowest BCUT2D eigenvalue weighted by atomic mass is 10.2. The fourth-order valence-electron chi connectivity index (χ4n) is 1.64. The first-order valence-electron chi connectivity index (χ1n) is 6.02. The number of hydrogen-bond donors (Lipinski definition) is 1. The van der Waals surface area contributed by atoms with Crippen LogP contribution >= 0.6 is 0 Å². The van der Waals surface area contributed by atoms with E-state index in [2.05, 4.69) is 0 Å². The quantitative estimate of drug-likeness (QED) is 0.415. The average Bonchev–Trinajstić information content (AvgIpc) is 2.86. The molecule has 0 aliphatic rings. The summed E-state index contributed by atoms with van der Waals surface area (Å²) < 4.78 is 37.8. The molecule has 3 aromatic rings. The summed E-state index contributed by atoms with van der Waals surface area (Å²) in [7, 11) is -4.27. The van der Waals surface area contributed by atoms with Gasteiger partial charge in [-0.15, -0.1) is 0 Å². The smallest absolute Gasteiger partial charge is 0.210 e. The van der Waals surface area contributed by atoms with Gasteiger partial charge in [-0.3, -0.25) is 0 Å². The summed E-state index contributed by atoms with van der Waals surface area (Å²) >= 11 is 0. The third-order valence-corrected chi connectivity index (χ3v) is 3.57. The maximum atomic E-state index is 10.4. The molecule has 110 valence electrons. The Bertz CT molecular complexity index is 839. The number of nitrogens with two attached hydrogens (primary N) is 1. The van der Waals surface area contributed by atoms with E-state index in [1.807, 2.05) is 19.1 Å². The number of aryl methyl sites for hydroxylation is 1. The first-order chi connectivity index (χ1) is 9.86. The minimum absolute atomic E-state index is 0.178. The van der Waals surface area contributed by atoms with Crippen molar-refractivity contribution in [3.05, 3.63) is 60.6 Å². The second-order valence-corrected chi connectivity index (χ2v) is 5.78. The Balaban J connectivity index is 0.000000154. The summed E-state index contributed by atoms with van der Waals surface area (Å²) in [5, 5.41) is 1.02. The van der Waals surface area contributed by atoms with Gasteiger partial charge < -0.3 is 8.97 Å². The highest BCUT2D eigenvalue weighted by atomic mass is 32.2. The van der Waals surface area contributed by atoms with E-state index in [-0.39, 0.29) is 4.90 Å². The van der Waals surface area contributed by atoms with Gasteiger partial charge in [0.15, 0.2) is 0 Å². The zero-order valence-electron chi connectivity index (χ0n) is 11.3. The fourth-order valence-corrected chi connectivity index (χ4v) is 2.10. The lowest BCUT2D eigenvalue weighted by Gasteiger charge is -2.05. The Morgan fingerprint density at radius 1 is 1.14 bits per heavy atom. The van der Waals surface area contributed by atoms with Gasteiger partial charge in [-0.05, 0) is 25.1 Å². The summed E-state index contributed by atoms with van der Waals surface area (Å²) in [6, 6.07) is 9.49. The highest BCUT2D eigenvalue weighted by Gasteiger charge is 2.00. The number of benzene rings is 1. The molecule has 0 saturated heterocycles. The molecule has 21 heavy (non-hydrogen) atoms. The standard InChI is InChI=1S/C7H7N2O.C7H8O3S/c8-9-3-1-7-6(5-9)2-4-10-7;1-6-2-4-7(5-3-6)11(8,9)10/h1-5H,8H2;2-5H,1H3,(H,8,9,10)/q+1;/p-1. The van der Waals surface area contributed by atoms with Crippen molar-refractivity contribution in [2.75, 3.05) is 5.84 Å². The Labute approximate surface area is 122 Å². The van der Waals surface area contributed by atoms with Crippen LogP contribution in [0.1, 0.15) is 5.56 Å². The molecular weight excluding hydrogens is 292 g/mol. The van der Waals surface area contributed by atoms with Gasteiger partial charge in [0.05, 0.1) is 16.5 Å². The zero-order chi connectivity index (χ0) is 15.5. The van der Waals surface area contributed by atoms with Gasteiger partial charge >= 0.3 is 0 Å². The molecule has 0 fully saturated rings. The van der Waals surface area contributed by atoms with Crippen molar-refractivity contribution in [2.24, 2.45) is 0 Å². The van der Waals surface area contributed by atoms with Crippen LogP contribution in [-0.2, 0) is 10.1 Å². The normalized spacial score (nSPS) is 11.0. The topological polar surface area (TPSA) is 100 Å². The molecule has 0 bridgehead atoms. The minimum atomic E-state index is -4.27. The van der Waals surface area contributed by atoms with E-state index in [1.54, 1.807) is 30.8 Å².